The van der Waals surface area contributed by atoms with Crippen molar-refractivity contribution in [2.24, 2.45) is 10.9 Å². The largest absolute Gasteiger partial charge is 0.478 e. The van der Waals surface area contributed by atoms with Gasteiger partial charge in [-0.3, -0.25) is 0 Å². The van der Waals surface area contributed by atoms with Gasteiger partial charge in [0.1, 0.15) is 18.5 Å². The Morgan fingerprint density at radius 1 is 1.40 bits per heavy atom. The molecule has 0 spiro atoms. The molecule has 1 atom stereocenters. The molecule has 1 aliphatic rings. The van der Waals surface area contributed by atoms with Crippen molar-refractivity contribution >= 4 is 5.90 Å². The van der Waals surface area contributed by atoms with Gasteiger partial charge >= 0.3 is 0 Å². The second-order valence-electron chi connectivity index (χ2n) is 3.97. The molecule has 3 heteroatoms. The van der Waals surface area contributed by atoms with Crippen LogP contribution < -0.4 is 0 Å². The molecule has 2 rings (SSSR count). The first-order valence-corrected chi connectivity index (χ1v) is 5.13. The van der Waals surface area contributed by atoms with E-state index in [-0.39, 0.29) is 17.8 Å². The summed E-state index contributed by atoms with van der Waals surface area (Å²) < 4.78 is 18.9. The first-order chi connectivity index (χ1) is 7.18. The highest BCUT2D eigenvalue weighted by molar-refractivity contribution is 5.79. The monoisotopic (exact) mass is 207 g/mol. The van der Waals surface area contributed by atoms with Crippen molar-refractivity contribution in [3.8, 4) is 0 Å². The predicted octanol–water partition coefficient (Wildman–Crippen LogP) is 2.95. The van der Waals surface area contributed by atoms with Gasteiger partial charge in [0.15, 0.2) is 5.90 Å². The predicted molar refractivity (Wildman–Crippen MR) is 57.4 cm³/mol. The maximum atomic E-state index is 13.4. The van der Waals surface area contributed by atoms with Gasteiger partial charge in [0.25, 0.3) is 0 Å². The first kappa shape index (κ1) is 10.1. The molecule has 80 valence electrons. The number of nitrogens with zero attached hydrogens (tertiary/aromatic N) is 1. The van der Waals surface area contributed by atoms with Gasteiger partial charge in [-0.05, 0) is 6.07 Å². The lowest BCUT2D eigenvalue weighted by molar-refractivity contribution is 0.301. The third-order valence-electron chi connectivity index (χ3n) is 2.43. The molecule has 0 amide bonds. The molecule has 0 saturated heterocycles. The molecule has 0 aliphatic carbocycles. The van der Waals surface area contributed by atoms with Crippen LogP contribution in [-0.2, 0) is 4.74 Å². The van der Waals surface area contributed by atoms with E-state index in [2.05, 4.69) is 4.99 Å². The van der Waals surface area contributed by atoms with Crippen molar-refractivity contribution in [3.05, 3.63) is 35.6 Å². The molecule has 0 saturated carbocycles. The molecule has 15 heavy (non-hydrogen) atoms. The quantitative estimate of drug-likeness (QED) is 0.730. The number of rotatable bonds is 2. The molecule has 1 aromatic carbocycles. The Balaban J connectivity index is 2.24. The zero-order valence-electron chi connectivity index (χ0n) is 8.90. The first-order valence-electron chi connectivity index (χ1n) is 5.13. The van der Waals surface area contributed by atoms with Crippen LogP contribution in [0.15, 0.2) is 29.3 Å². The summed E-state index contributed by atoms with van der Waals surface area (Å²) in [6.45, 7) is 4.49. The third-order valence-corrected chi connectivity index (χ3v) is 2.43. The molecule has 1 heterocycles. The number of aliphatic imine (C=N–C) groups is 1. The van der Waals surface area contributed by atoms with E-state index >= 15 is 0 Å². The fourth-order valence-electron chi connectivity index (χ4n) is 1.61. The summed E-state index contributed by atoms with van der Waals surface area (Å²) in [5.41, 5.74) is 0.619. The lowest BCUT2D eigenvalue weighted by Crippen LogP contribution is -2.06. The number of halogens is 1. The highest BCUT2D eigenvalue weighted by Crippen LogP contribution is 2.26. The molecule has 0 N–H and O–H groups in total. The SMILES string of the molecule is CC(C)C1=N[C@@H](c2ccccc2F)CO1. The van der Waals surface area contributed by atoms with Crippen LogP contribution in [0.3, 0.4) is 0 Å². The van der Waals surface area contributed by atoms with Crippen LogP contribution in [0.25, 0.3) is 0 Å². The zero-order chi connectivity index (χ0) is 10.8. The number of ether oxygens (including phenoxy) is 1. The van der Waals surface area contributed by atoms with Gasteiger partial charge in [-0.15, -0.1) is 0 Å². The summed E-state index contributed by atoms with van der Waals surface area (Å²) in [5.74, 6) is 0.782. The maximum Gasteiger partial charge on any atom is 0.186 e. The van der Waals surface area contributed by atoms with Crippen LogP contribution in [0.1, 0.15) is 25.5 Å². The van der Waals surface area contributed by atoms with Crippen LogP contribution in [0.4, 0.5) is 4.39 Å². The molecule has 0 unspecified atom stereocenters. The van der Waals surface area contributed by atoms with Crippen molar-refractivity contribution < 1.29 is 9.13 Å². The van der Waals surface area contributed by atoms with Crippen LogP contribution in [-0.4, -0.2) is 12.5 Å². The highest BCUT2D eigenvalue weighted by Gasteiger charge is 2.24. The van der Waals surface area contributed by atoms with E-state index in [0.29, 0.717) is 12.2 Å². The smallest absolute Gasteiger partial charge is 0.186 e. The Morgan fingerprint density at radius 2 is 2.13 bits per heavy atom. The zero-order valence-corrected chi connectivity index (χ0v) is 8.90. The molecular formula is C12H14FNO. The topological polar surface area (TPSA) is 21.6 Å². The molecule has 1 aromatic rings. The second kappa shape index (κ2) is 4.01. The summed E-state index contributed by atoms with van der Waals surface area (Å²) in [6, 6.07) is 6.54. The molecular weight excluding hydrogens is 193 g/mol. The second-order valence-corrected chi connectivity index (χ2v) is 3.97. The lowest BCUT2D eigenvalue weighted by atomic mass is 10.1. The van der Waals surface area contributed by atoms with E-state index in [1.54, 1.807) is 12.1 Å². The van der Waals surface area contributed by atoms with Gasteiger partial charge in [-0.2, -0.15) is 0 Å². The van der Waals surface area contributed by atoms with Crippen LogP contribution in [0.5, 0.6) is 0 Å². The van der Waals surface area contributed by atoms with E-state index in [1.165, 1.54) is 6.07 Å². The minimum atomic E-state index is -0.208. The Hall–Kier alpha value is -1.38. The molecule has 2 nitrogen and oxygen atoms in total. The Bertz CT molecular complexity index is 387. The van der Waals surface area contributed by atoms with E-state index in [1.807, 2.05) is 19.9 Å². The van der Waals surface area contributed by atoms with Crippen molar-refractivity contribution in [2.75, 3.05) is 6.61 Å². The van der Waals surface area contributed by atoms with E-state index in [0.717, 1.165) is 5.90 Å². The Kier molecular flexibility index (Phi) is 2.71. The third kappa shape index (κ3) is 2.01. The van der Waals surface area contributed by atoms with Crippen LogP contribution in [0, 0.1) is 11.7 Å². The molecule has 0 radical (unpaired) electrons. The fourth-order valence-corrected chi connectivity index (χ4v) is 1.61. The number of hydrogen-bond donors (Lipinski definition) is 0. The van der Waals surface area contributed by atoms with Gasteiger partial charge in [0, 0.05) is 11.5 Å². The lowest BCUT2D eigenvalue weighted by Gasteiger charge is -2.05. The minimum absolute atomic E-state index is 0.177. The molecule has 1 aliphatic heterocycles. The van der Waals surface area contributed by atoms with Crippen LogP contribution >= 0.6 is 0 Å². The van der Waals surface area contributed by atoms with Crippen LogP contribution in [0.2, 0.25) is 0 Å². The fraction of sp³-hybridized carbons (Fsp3) is 0.417. The summed E-state index contributed by atoms with van der Waals surface area (Å²) in [7, 11) is 0. The number of benzene rings is 1. The molecule has 0 fully saturated rings. The van der Waals surface area contributed by atoms with Crippen molar-refractivity contribution in [3.63, 3.8) is 0 Å². The molecule has 0 bridgehead atoms. The van der Waals surface area contributed by atoms with Crippen molar-refractivity contribution in [2.45, 2.75) is 19.9 Å². The van der Waals surface area contributed by atoms with Gasteiger partial charge in [-0.1, -0.05) is 32.0 Å². The minimum Gasteiger partial charge on any atom is -0.478 e. The standard InChI is InChI=1S/C12H14FNO/c1-8(2)12-14-11(7-15-12)9-5-3-4-6-10(9)13/h3-6,8,11H,7H2,1-2H3/t11-/m1/s1. The summed E-state index contributed by atoms with van der Waals surface area (Å²) in [5, 5.41) is 0. The maximum absolute atomic E-state index is 13.4. The Labute approximate surface area is 88.8 Å². The highest BCUT2D eigenvalue weighted by atomic mass is 19.1. The van der Waals surface area contributed by atoms with Gasteiger partial charge in [0.05, 0.1) is 0 Å². The summed E-state index contributed by atoms with van der Waals surface area (Å²) >= 11 is 0. The van der Waals surface area contributed by atoms with Gasteiger partial charge in [-0.25, -0.2) is 9.38 Å². The normalized spacial score (nSPS) is 20.3. The molecule has 0 aromatic heterocycles. The van der Waals surface area contributed by atoms with E-state index in [4.69, 9.17) is 4.74 Å². The summed E-state index contributed by atoms with van der Waals surface area (Å²) in [6.07, 6.45) is 0. The summed E-state index contributed by atoms with van der Waals surface area (Å²) in [4.78, 5) is 4.37. The van der Waals surface area contributed by atoms with Gasteiger partial charge < -0.3 is 4.74 Å². The van der Waals surface area contributed by atoms with Crippen molar-refractivity contribution in [1.82, 2.24) is 0 Å². The van der Waals surface area contributed by atoms with Crippen molar-refractivity contribution in [1.29, 1.82) is 0 Å². The Morgan fingerprint density at radius 3 is 2.73 bits per heavy atom. The van der Waals surface area contributed by atoms with E-state index < -0.39 is 0 Å². The number of hydrogen-bond acceptors (Lipinski definition) is 2. The average molecular weight is 207 g/mol. The average Bonchev–Trinajstić information content (AvgIpc) is 2.67. The van der Waals surface area contributed by atoms with E-state index in [9.17, 15) is 4.39 Å². The van der Waals surface area contributed by atoms with Gasteiger partial charge in [0.2, 0.25) is 0 Å².